The minimum atomic E-state index is -0.343. The molecule has 0 bridgehead atoms. The van der Waals surface area contributed by atoms with Crippen LogP contribution in [0.25, 0.3) is 0 Å². The number of aromatic amines is 1. The van der Waals surface area contributed by atoms with Crippen LogP contribution in [0.3, 0.4) is 0 Å². The zero-order chi connectivity index (χ0) is 28.9. The highest BCUT2D eigenvalue weighted by atomic mass is 79.9. The van der Waals surface area contributed by atoms with Gasteiger partial charge in [0.15, 0.2) is 0 Å². The van der Waals surface area contributed by atoms with Crippen LogP contribution in [-0.4, -0.2) is 31.8 Å². The first-order chi connectivity index (χ1) is 18.4. The van der Waals surface area contributed by atoms with Crippen LogP contribution in [0.4, 0.5) is 8.78 Å². The lowest BCUT2D eigenvalue weighted by molar-refractivity contribution is 0.0941. The number of halogens is 4. The van der Waals surface area contributed by atoms with Gasteiger partial charge in [0, 0.05) is 51.6 Å². The molecule has 0 atom stereocenters. The van der Waals surface area contributed by atoms with Crippen LogP contribution in [-0.2, 0) is 20.1 Å². The van der Waals surface area contributed by atoms with E-state index >= 15 is 0 Å². The third-order valence-electron chi connectivity index (χ3n) is 5.99. The fourth-order valence-corrected chi connectivity index (χ4v) is 4.69. The van der Waals surface area contributed by atoms with Crippen LogP contribution in [0.2, 0.25) is 0 Å². The van der Waals surface area contributed by atoms with Crippen molar-refractivity contribution in [3.63, 3.8) is 0 Å². The van der Waals surface area contributed by atoms with E-state index in [1.54, 1.807) is 56.8 Å². The van der Waals surface area contributed by atoms with E-state index in [0.717, 1.165) is 14.6 Å². The smallest absolute Gasteiger partial charge is 0.255 e. The molecule has 0 aliphatic heterocycles. The third-order valence-corrected chi connectivity index (χ3v) is 6.97. The molecular weight excluding hydrogens is 638 g/mol. The molecule has 4 rings (SSSR count). The number of aromatic nitrogens is 4. The number of nitrogens with one attached hydrogen (secondary N) is 3. The second-order valence-corrected chi connectivity index (χ2v) is 10.6. The average Bonchev–Trinajstić information content (AvgIpc) is 3.35. The largest absolute Gasteiger partial charge is 0.348 e. The van der Waals surface area contributed by atoms with E-state index in [1.165, 1.54) is 12.1 Å². The molecule has 0 radical (unpaired) electrons. The minimum Gasteiger partial charge on any atom is -0.348 e. The first-order valence-corrected chi connectivity index (χ1v) is 13.4. The van der Waals surface area contributed by atoms with Crippen LogP contribution in [0.5, 0.6) is 0 Å². The van der Waals surface area contributed by atoms with Gasteiger partial charge in [-0.1, -0.05) is 31.9 Å². The van der Waals surface area contributed by atoms with Crippen molar-refractivity contribution in [1.29, 1.82) is 0 Å². The Morgan fingerprint density at radius 2 is 1.33 bits per heavy atom. The highest BCUT2D eigenvalue weighted by molar-refractivity contribution is 9.10. The number of hydrogen-bond acceptors (Lipinski definition) is 4. The molecule has 4 aromatic rings. The molecule has 0 aliphatic rings. The van der Waals surface area contributed by atoms with Gasteiger partial charge in [0.1, 0.15) is 11.6 Å². The maximum Gasteiger partial charge on any atom is 0.255 e. The molecule has 3 N–H and O–H groups in total. The van der Waals surface area contributed by atoms with Gasteiger partial charge in [-0.15, -0.1) is 0 Å². The van der Waals surface area contributed by atoms with E-state index in [4.69, 9.17) is 0 Å². The van der Waals surface area contributed by atoms with Gasteiger partial charge in [0.05, 0.1) is 22.5 Å². The zero-order valence-electron chi connectivity index (χ0n) is 22.0. The standard InChI is InChI=1S/C14H15BrFN3O.C13H13BrFN3O/c1-8-13(9(2)19(3)18-8)14(20)17-7-10-6-11(15)4-5-12(10)16;1-7-12(8(2)18-17-7)13(19)16-6-9-5-10(14)3-4-11(9)15/h4-6H,7H2,1-3H3,(H,17,20);3-5H,6H2,1-2H3,(H,16,19)(H,17,18). The van der Waals surface area contributed by atoms with Crippen molar-refractivity contribution in [2.75, 3.05) is 0 Å². The molecule has 0 spiro atoms. The molecule has 0 saturated heterocycles. The Balaban J connectivity index is 0.000000216. The number of H-pyrrole nitrogens is 1. The molecule has 0 aliphatic carbocycles. The van der Waals surface area contributed by atoms with Crippen molar-refractivity contribution in [2.24, 2.45) is 7.05 Å². The second-order valence-electron chi connectivity index (χ2n) is 8.82. The normalized spacial score (nSPS) is 10.6. The Morgan fingerprint density at radius 3 is 1.74 bits per heavy atom. The van der Waals surface area contributed by atoms with E-state index in [9.17, 15) is 18.4 Å². The monoisotopic (exact) mass is 664 g/mol. The van der Waals surface area contributed by atoms with Crippen molar-refractivity contribution in [2.45, 2.75) is 40.8 Å². The number of hydrogen-bond donors (Lipinski definition) is 3. The molecule has 0 fully saturated rings. The predicted octanol–water partition coefficient (Wildman–Crippen LogP) is 5.73. The van der Waals surface area contributed by atoms with Crippen molar-refractivity contribution < 1.29 is 18.4 Å². The Labute approximate surface area is 241 Å². The van der Waals surface area contributed by atoms with Crippen LogP contribution in [0.15, 0.2) is 45.3 Å². The molecule has 39 heavy (non-hydrogen) atoms. The Kier molecular flexibility index (Phi) is 10.1. The van der Waals surface area contributed by atoms with Gasteiger partial charge in [-0.05, 0) is 64.1 Å². The lowest BCUT2D eigenvalue weighted by Gasteiger charge is -2.07. The number of carbonyl (C=O) groups is 2. The van der Waals surface area contributed by atoms with Gasteiger partial charge >= 0.3 is 0 Å². The summed E-state index contributed by atoms with van der Waals surface area (Å²) >= 11 is 6.55. The summed E-state index contributed by atoms with van der Waals surface area (Å²) in [5.74, 6) is -1.19. The van der Waals surface area contributed by atoms with Gasteiger partial charge in [-0.3, -0.25) is 19.4 Å². The topological polar surface area (TPSA) is 105 Å². The maximum atomic E-state index is 13.6. The van der Waals surface area contributed by atoms with Gasteiger partial charge in [-0.2, -0.15) is 10.2 Å². The van der Waals surface area contributed by atoms with Crippen molar-refractivity contribution in [1.82, 2.24) is 30.6 Å². The van der Waals surface area contributed by atoms with E-state index in [0.29, 0.717) is 39.3 Å². The van der Waals surface area contributed by atoms with Crippen LogP contribution in [0.1, 0.15) is 54.6 Å². The number of aryl methyl sites for hydroxylation is 4. The lowest BCUT2D eigenvalue weighted by atomic mass is 10.1. The van der Waals surface area contributed by atoms with Crippen molar-refractivity contribution in [3.8, 4) is 0 Å². The van der Waals surface area contributed by atoms with Gasteiger partial charge in [-0.25, -0.2) is 8.78 Å². The molecule has 0 saturated carbocycles. The summed E-state index contributed by atoms with van der Waals surface area (Å²) in [5, 5.41) is 16.3. The first-order valence-electron chi connectivity index (χ1n) is 11.8. The zero-order valence-corrected chi connectivity index (χ0v) is 25.2. The number of carbonyl (C=O) groups excluding carboxylic acids is 2. The van der Waals surface area contributed by atoms with Crippen LogP contribution >= 0.6 is 31.9 Å². The summed E-state index contributed by atoms with van der Waals surface area (Å²) in [4.78, 5) is 24.2. The minimum absolute atomic E-state index is 0.133. The molecule has 12 heteroatoms. The molecule has 2 aromatic carbocycles. The van der Waals surface area contributed by atoms with Gasteiger partial charge in [0.2, 0.25) is 0 Å². The molecule has 2 heterocycles. The van der Waals surface area contributed by atoms with Crippen molar-refractivity contribution in [3.05, 3.63) is 102 Å². The number of nitrogens with zero attached hydrogens (tertiary/aromatic N) is 3. The number of rotatable bonds is 6. The summed E-state index contributed by atoms with van der Waals surface area (Å²) in [6.45, 7) is 7.40. The number of amides is 2. The Bertz CT molecular complexity index is 1500. The lowest BCUT2D eigenvalue weighted by Crippen LogP contribution is -2.24. The van der Waals surface area contributed by atoms with Crippen LogP contribution < -0.4 is 10.6 Å². The highest BCUT2D eigenvalue weighted by Gasteiger charge is 2.18. The average molecular weight is 666 g/mol. The maximum absolute atomic E-state index is 13.6. The van der Waals surface area contributed by atoms with E-state index in [2.05, 4.69) is 57.8 Å². The second kappa shape index (κ2) is 13.1. The van der Waals surface area contributed by atoms with Crippen LogP contribution in [0, 0.1) is 39.3 Å². The first kappa shape index (κ1) is 30.2. The predicted molar refractivity (Wildman–Crippen MR) is 151 cm³/mol. The number of benzene rings is 2. The summed E-state index contributed by atoms with van der Waals surface area (Å²) in [5.41, 5.74) is 4.70. The van der Waals surface area contributed by atoms with Gasteiger partial charge < -0.3 is 10.6 Å². The Hall–Kier alpha value is -3.38. The summed E-state index contributed by atoms with van der Waals surface area (Å²) in [6, 6.07) is 9.26. The molecule has 8 nitrogen and oxygen atoms in total. The summed E-state index contributed by atoms with van der Waals surface area (Å²) < 4.78 is 30.3. The molecule has 2 aromatic heterocycles. The fraction of sp³-hybridized carbons (Fsp3) is 0.259. The molecular formula is C27H28Br2F2N6O2. The highest BCUT2D eigenvalue weighted by Crippen LogP contribution is 2.17. The van der Waals surface area contributed by atoms with E-state index in [1.807, 2.05) is 6.92 Å². The molecule has 2 amide bonds. The third kappa shape index (κ3) is 7.60. The van der Waals surface area contributed by atoms with E-state index < -0.39 is 0 Å². The fourth-order valence-electron chi connectivity index (χ4n) is 3.87. The summed E-state index contributed by atoms with van der Waals surface area (Å²) in [6.07, 6.45) is 0. The van der Waals surface area contributed by atoms with E-state index in [-0.39, 0.29) is 36.5 Å². The Morgan fingerprint density at radius 1 is 0.846 bits per heavy atom. The molecule has 0 unspecified atom stereocenters. The van der Waals surface area contributed by atoms with Crippen molar-refractivity contribution >= 4 is 43.7 Å². The van der Waals surface area contributed by atoms with Gasteiger partial charge in [0.25, 0.3) is 11.8 Å². The summed E-state index contributed by atoms with van der Waals surface area (Å²) in [7, 11) is 1.78. The quantitative estimate of drug-likeness (QED) is 0.245. The molecule has 206 valence electrons. The SMILES string of the molecule is Cc1n[nH]c(C)c1C(=O)NCc1cc(Br)ccc1F.Cc1nn(C)c(C)c1C(=O)NCc1cc(Br)ccc1F.